The molecule has 1 fully saturated rings. The van der Waals surface area contributed by atoms with Gasteiger partial charge in [-0.15, -0.1) is 0 Å². The topological polar surface area (TPSA) is 15.3 Å². The van der Waals surface area contributed by atoms with Crippen molar-refractivity contribution in [3.05, 3.63) is 34.9 Å². The van der Waals surface area contributed by atoms with Crippen molar-refractivity contribution in [2.75, 3.05) is 20.1 Å². The van der Waals surface area contributed by atoms with Crippen molar-refractivity contribution < 1.29 is 0 Å². The van der Waals surface area contributed by atoms with E-state index in [0.29, 0.717) is 6.04 Å². The van der Waals surface area contributed by atoms with E-state index in [1.165, 1.54) is 5.56 Å². The summed E-state index contributed by atoms with van der Waals surface area (Å²) in [5.74, 6) is 0. The van der Waals surface area contributed by atoms with E-state index in [1.54, 1.807) is 0 Å². The number of benzene rings is 1. The number of likely N-dealkylation sites (N-methyl/N-ethyl adjacent to an activating group) is 1. The Kier molecular flexibility index (Phi) is 3.06. The zero-order valence-electron chi connectivity index (χ0n) is 8.33. The number of rotatable bonds is 3. The molecule has 2 nitrogen and oxygen atoms in total. The number of hydrogen-bond donors (Lipinski definition) is 1. The van der Waals surface area contributed by atoms with Crippen LogP contribution < -0.4 is 5.32 Å². The van der Waals surface area contributed by atoms with E-state index < -0.39 is 0 Å². The molecular formula is C11H15ClN2. The van der Waals surface area contributed by atoms with Gasteiger partial charge >= 0.3 is 0 Å². The summed E-state index contributed by atoms with van der Waals surface area (Å²) < 4.78 is 0. The normalized spacial score (nSPS) is 17.1. The first-order chi connectivity index (χ1) is 6.77. The predicted octanol–water partition coefficient (Wildman–Crippen LogP) is 1.74. The molecule has 0 amide bonds. The SMILES string of the molecule is CN(Cc1ccccc1Cl)C1CNC1. The first kappa shape index (κ1) is 9.97. The maximum absolute atomic E-state index is 6.09. The lowest BCUT2D eigenvalue weighted by atomic mass is 10.1. The molecule has 0 unspecified atom stereocenters. The first-order valence-corrected chi connectivity index (χ1v) is 5.29. The van der Waals surface area contributed by atoms with E-state index in [4.69, 9.17) is 11.6 Å². The van der Waals surface area contributed by atoms with Crippen LogP contribution in [0.4, 0.5) is 0 Å². The molecule has 2 rings (SSSR count). The molecule has 1 N–H and O–H groups in total. The quantitative estimate of drug-likeness (QED) is 0.818. The van der Waals surface area contributed by atoms with Gasteiger partial charge in [0.25, 0.3) is 0 Å². The minimum absolute atomic E-state index is 0.672. The van der Waals surface area contributed by atoms with Crippen LogP contribution in [0.25, 0.3) is 0 Å². The van der Waals surface area contributed by atoms with Crippen LogP contribution in [0, 0.1) is 0 Å². The minimum atomic E-state index is 0.672. The largest absolute Gasteiger partial charge is 0.314 e. The highest BCUT2D eigenvalue weighted by Gasteiger charge is 2.21. The molecule has 1 aromatic carbocycles. The van der Waals surface area contributed by atoms with Crippen molar-refractivity contribution in [1.29, 1.82) is 0 Å². The number of nitrogens with one attached hydrogen (secondary N) is 1. The molecule has 0 bridgehead atoms. The molecule has 0 aromatic heterocycles. The van der Waals surface area contributed by atoms with E-state index in [9.17, 15) is 0 Å². The Balaban J connectivity index is 1.99. The highest BCUT2D eigenvalue weighted by molar-refractivity contribution is 6.31. The average Bonchev–Trinajstić information content (AvgIpc) is 2.05. The fraction of sp³-hybridized carbons (Fsp3) is 0.455. The lowest BCUT2D eigenvalue weighted by Gasteiger charge is -2.35. The van der Waals surface area contributed by atoms with Crippen molar-refractivity contribution >= 4 is 11.6 Å². The highest BCUT2D eigenvalue weighted by Crippen LogP contribution is 2.17. The van der Waals surface area contributed by atoms with Crippen LogP contribution in [0.1, 0.15) is 5.56 Å². The molecule has 1 aliphatic rings. The Morgan fingerprint density at radius 1 is 1.43 bits per heavy atom. The second-order valence-electron chi connectivity index (χ2n) is 3.82. The maximum atomic E-state index is 6.09. The molecule has 14 heavy (non-hydrogen) atoms. The summed E-state index contributed by atoms with van der Waals surface area (Å²) in [4.78, 5) is 2.34. The molecular weight excluding hydrogens is 196 g/mol. The molecule has 1 aromatic rings. The fourth-order valence-electron chi connectivity index (χ4n) is 1.61. The van der Waals surface area contributed by atoms with E-state index in [0.717, 1.165) is 24.7 Å². The molecule has 0 atom stereocenters. The zero-order chi connectivity index (χ0) is 9.97. The van der Waals surface area contributed by atoms with Gasteiger partial charge in [0.15, 0.2) is 0 Å². The van der Waals surface area contributed by atoms with E-state index in [2.05, 4.69) is 23.3 Å². The summed E-state index contributed by atoms with van der Waals surface area (Å²) in [7, 11) is 2.15. The van der Waals surface area contributed by atoms with Crippen LogP contribution in [-0.4, -0.2) is 31.1 Å². The molecule has 1 saturated heterocycles. The summed E-state index contributed by atoms with van der Waals surface area (Å²) in [6.07, 6.45) is 0. The van der Waals surface area contributed by atoms with Crippen LogP contribution in [0.2, 0.25) is 5.02 Å². The van der Waals surface area contributed by atoms with Gasteiger partial charge in [-0.1, -0.05) is 29.8 Å². The number of halogens is 1. The van der Waals surface area contributed by atoms with Gasteiger partial charge < -0.3 is 5.32 Å². The third-order valence-electron chi connectivity index (χ3n) is 2.76. The van der Waals surface area contributed by atoms with Crippen LogP contribution in [0.15, 0.2) is 24.3 Å². The molecule has 1 aliphatic heterocycles. The molecule has 0 saturated carbocycles. The fourth-order valence-corrected chi connectivity index (χ4v) is 1.81. The van der Waals surface area contributed by atoms with Gasteiger partial charge in [0.1, 0.15) is 0 Å². The number of nitrogens with zero attached hydrogens (tertiary/aromatic N) is 1. The molecule has 76 valence electrons. The number of hydrogen-bond acceptors (Lipinski definition) is 2. The third-order valence-corrected chi connectivity index (χ3v) is 3.13. The van der Waals surface area contributed by atoms with Gasteiger partial charge in [-0.3, -0.25) is 4.90 Å². The van der Waals surface area contributed by atoms with E-state index in [-0.39, 0.29) is 0 Å². The van der Waals surface area contributed by atoms with E-state index in [1.807, 2.05) is 18.2 Å². The van der Waals surface area contributed by atoms with Crippen molar-refractivity contribution in [1.82, 2.24) is 10.2 Å². The Labute approximate surface area is 89.9 Å². The van der Waals surface area contributed by atoms with Crippen LogP contribution in [0.3, 0.4) is 0 Å². The highest BCUT2D eigenvalue weighted by atomic mass is 35.5. The Morgan fingerprint density at radius 3 is 2.71 bits per heavy atom. The summed E-state index contributed by atoms with van der Waals surface area (Å²) in [5.41, 5.74) is 1.21. The van der Waals surface area contributed by atoms with Crippen molar-refractivity contribution in [3.63, 3.8) is 0 Å². The summed E-state index contributed by atoms with van der Waals surface area (Å²) in [6, 6.07) is 8.71. The summed E-state index contributed by atoms with van der Waals surface area (Å²) >= 11 is 6.09. The summed E-state index contributed by atoms with van der Waals surface area (Å²) in [6.45, 7) is 3.13. The second kappa shape index (κ2) is 4.30. The Bertz CT molecular complexity index is 310. The molecule has 1 heterocycles. The van der Waals surface area contributed by atoms with Crippen LogP contribution >= 0.6 is 11.6 Å². The van der Waals surface area contributed by atoms with Gasteiger partial charge in [-0.05, 0) is 18.7 Å². The van der Waals surface area contributed by atoms with Gasteiger partial charge in [0, 0.05) is 30.7 Å². The lowest BCUT2D eigenvalue weighted by molar-refractivity contribution is 0.173. The molecule has 0 radical (unpaired) electrons. The smallest absolute Gasteiger partial charge is 0.0451 e. The van der Waals surface area contributed by atoms with Gasteiger partial charge in [-0.25, -0.2) is 0 Å². The lowest BCUT2D eigenvalue weighted by Crippen LogP contribution is -2.55. The van der Waals surface area contributed by atoms with Gasteiger partial charge in [0.2, 0.25) is 0 Å². The predicted molar refractivity (Wildman–Crippen MR) is 59.6 cm³/mol. The Hall–Kier alpha value is -0.570. The monoisotopic (exact) mass is 210 g/mol. The molecule has 0 aliphatic carbocycles. The van der Waals surface area contributed by atoms with Gasteiger partial charge in [0.05, 0.1) is 0 Å². The second-order valence-corrected chi connectivity index (χ2v) is 4.23. The van der Waals surface area contributed by atoms with Gasteiger partial charge in [-0.2, -0.15) is 0 Å². The first-order valence-electron chi connectivity index (χ1n) is 4.92. The summed E-state index contributed by atoms with van der Waals surface area (Å²) in [5, 5.41) is 4.14. The third kappa shape index (κ3) is 2.08. The Morgan fingerprint density at radius 2 is 2.14 bits per heavy atom. The zero-order valence-corrected chi connectivity index (χ0v) is 9.09. The van der Waals surface area contributed by atoms with E-state index >= 15 is 0 Å². The van der Waals surface area contributed by atoms with Crippen LogP contribution in [-0.2, 0) is 6.54 Å². The van der Waals surface area contributed by atoms with Crippen molar-refractivity contribution in [2.45, 2.75) is 12.6 Å². The molecule has 3 heteroatoms. The van der Waals surface area contributed by atoms with Crippen molar-refractivity contribution in [3.8, 4) is 0 Å². The standard InChI is InChI=1S/C11H15ClN2/c1-14(10-6-13-7-10)8-9-4-2-3-5-11(9)12/h2-5,10,13H,6-8H2,1H3. The van der Waals surface area contributed by atoms with Crippen molar-refractivity contribution in [2.24, 2.45) is 0 Å². The molecule has 0 spiro atoms. The maximum Gasteiger partial charge on any atom is 0.0451 e. The minimum Gasteiger partial charge on any atom is -0.314 e. The average molecular weight is 211 g/mol. The van der Waals surface area contributed by atoms with Crippen LogP contribution in [0.5, 0.6) is 0 Å².